The Bertz CT molecular complexity index is 882. The molecule has 3 aromatic rings. The number of aromatic nitrogens is 1. The van der Waals surface area contributed by atoms with Crippen LogP contribution in [0.15, 0.2) is 65.3 Å². The molecule has 1 aliphatic heterocycles. The van der Waals surface area contributed by atoms with Crippen molar-refractivity contribution in [2.75, 3.05) is 31.1 Å². The van der Waals surface area contributed by atoms with E-state index in [0.29, 0.717) is 6.54 Å². The van der Waals surface area contributed by atoms with Gasteiger partial charge in [0.05, 0.1) is 0 Å². The maximum absolute atomic E-state index is 12.7. The zero-order chi connectivity index (χ0) is 17.2. The van der Waals surface area contributed by atoms with E-state index in [1.54, 1.807) is 0 Å². The Morgan fingerprint density at radius 3 is 2.44 bits per heavy atom. The van der Waals surface area contributed by atoms with E-state index >= 15 is 0 Å². The molecular weight excluding hydrogens is 378 g/mol. The summed E-state index contributed by atoms with van der Waals surface area (Å²) >= 11 is 3.57. The topological polar surface area (TPSA) is 28.5 Å². The zero-order valence-electron chi connectivity index (χ0n) is 13.9. The molecule has 5 heteroatoms. The van der Waals surface area contributed by atoms with E-state index in [0.717, 1.165) is 41.6 Å². The van der Waals surface area contributed by atoms with Gasteiger partial charge in [0.25, 0.3) is 0 Å². The molecule has 0 saturated carbocycles. The fraction of sp³-hybridized carbons (Fsp3) is 0.250. The minimum atomic E-state index is 0.185. The normalized spacial score (nSPS) is 14.9. The average Bonchev–Trinajstić information content (AvgIpc) is 3.07. The molecule has 2 aromatic carbocycles. The van der Waals surface area contributed by atoms with Gasteiger partial charge in [0.15, 0.2) is 0 Å². The Morgan fingerprint density at radius 2 is 1.68 bits per heavy atom. The van der Waals surface area contributed by atoms with Crippen LogP contribution in [0.4, 0.5) is 5.69 Å². The van der Waals surface area contributed by atoms with Crippen molar-refractivity contribution in [1.82, 2.24) is 9.47 Å². The highest BCUT2D eigenvalue weighted by Crippen LogP contribution is 2.25. The second-order valence-electron chi connectivity index (χ2n) is 6.32. The summed E-state index contributed by atoms with van der Waals surface area (Å²) in [6.45, 7) is 3.71. The molecule has 25 heavy (non-hydrogen) atoms. The Labute approximate surface area is 155 Å². The van der Waals surface area contributed by atoms with Gasteiger partial charge in [-0.2, -0.15) is 0 Å². The smallest absolute Gasteiger partial charge is 0.242 e. The van der Waals surface area contributed by atoms with Gasteiger partial charge in [-0.15, -0.1) is 0 Å². The van der Waals surface area contributed by atoms with Crippen LogP contribution in [-0.4, -0.2) is 41.6 Å². The number of benzene rings is 2. The molecule has 0 atom stereocenters. The third kappa shape index (κ3) is 3.29. The molecule has 1 aliphatic rings. The predicted octanol–water partition coefficient (Wildman–Crippen LogP) is 3.75. The van der Waals surface area contributed by atoms with Crippen molar-refractivity contribution in [2.45, 2.75) is 6.54 Å². The van der Waals surface area contributed by atoms with E-state index in [1.165, 1.54) is 5.69 Å². The van der Waals surface area contributed by atoms with Gasteiger partial charge in [0, 0.05) is 53.4 Å². The van der Waals surface area contributed by atoms with Gasteiger partial charge < -0.3 is 14.4 Å². The summed E-state index contributed by atoms with van der Waals surface area (Å²) in [6, 6.07) is 18.5. The lowest BCUT2D eigenvalue weighted by atomic mass is 10.2. The van der Waals surface area contributed by atoms with Gasteiger partial charge in [0.2, 0.25) is 5.91 Å². The number of nitrogens with zero attached hydrogens (tertiary/aromatic N) is 3. The number of para-hydroxylation sites is 1. The number of halogens is 1. The number of amides is 1. The number of hydrogen-bond donors (Lipinski definition) is 0. The molecule has 1 aromatic heterocycles. The van der Waals surface area contributed by atoms with Gasteiger partial charge in [-0.3, -0.25) is 4.79 Å². The number of piperazine rings is 1. The first-order valence-corrected chi connectivity index (χ1v) is 9.33. The highest BCUT2D eigenvalue weighted by molar-refractivity contribution is 9.10. The van der Waals surface area contributed by atoms with Gasteiger partial charge in [-0.25, -0.2) is 0 Å². The fourth-order valence-electron chi connectivity index (χ4n) is 3.42. The van der Waals surface area contributed by atoms with E-state index in [-0.39, 0.29) is 5.91 Å². The van der Waals surface area contributed by atoms with Crippen LogP contribution < -0.4 is 4.90 Å². The van der Waals surface area contributed by atoms with Crippen molar-refractivity contribution in [3.05, 3.63) is 65.3 Å². The number of fused-ring (bicyclic) bond motifs is 1. The molecule has 128 valence electrons. The molecule has 2 heterocycles. The zero-order valence-corrected chi connectivity index (χ0v) is 15.5. The van der Waals surface area contributed by atoms with Crippen molar-refractivity contribution in [3.8, 4) is 0 Å². The minimum Gasteiger partial charge on any atom is -0.368 e. The van der Waals surface area contributed by atoms with Crippen LogP contribution in [0.3, 0.4) is 0 Å². The third-order valence-corrected chi connectivity index (χ3v) is 5.51. The number of hydrogen-bond acceptors (Lipinski definition) is 2. The molecular formula is C20H20BrN3O. The molecule has 1 amide bonds. The quantitative estimate of drug-likeness (QED) is 0.673. The standard InChI is InChI=1S/C20H20BrN3O/c21-18-7-4-8-19-17(18)9-10-24(19)15-20(25)23-13-11-22(12-14-23)16-5-2-1-3-6-16/h1-10H,11-15H2. The van der Waals surface area contributed by atoms with Crippen LogP contribution in [0.25, 0.3) is 10.9 Å². The summed E-state index contributed by atoms with van der Waals surface area (Å²) < 4.78 is 3.10. The maximum Gasteiger partial charge on any atom is 0.242 e. The highest BCUT2D eigenvalue weighted by Gasteiger charge is 2.21. The fourth-order valence-corrected chi connectivity index (χ4v) is 3.91. The van der Waals surface area contributed by atoms with Crippen molar-refractivity contribution in [3.63, 3.8) is 0 Å². The lowest BCUT2D eigenvalue weighted by molar-refractivity contribution is -0.132. The van der Waals surface area contributed by atoms with E-state index in [9.17, 15) is 4.79 Å². The molecule has 4 nitrogen and oxygen atoms in total. The van der Waals surface area contributed by atoms with Gasteiger partial charge in [0.1, 0.15) is 6.54 Å². The number of carbonyl (C=O) groups excluding carboxylic acids is 1. The van der Waals surface area contributed by atoms with Crippen LogP contribution in [0.1, 0.15) is 0 Å². The summed E-state index contributed by atoms with van der Waals surface area (Å²) in [6.07, 6.45) is 1.99. The van der Waals surface area contributed by atoms with Gasteiger partial charge in [-0.05, 0) is 30.3 Å². The summed E-state index contributed by atoms with van der Waals surface area (Å²) in [5.41, 5.74) is 2.32. The summed E-state index contributed by atoms with van der Waals surface area (Å²) in [5, 5.41) is 1.14. The van der Waals surface area contributed by atoms with E-state index in [2.05, 4.69) is 57.2 Å². The minimum absolute atomic E-state index is 0.185. The first-order valence-electron chi connectivity index (χ1n) is 8.53. The molecule has 0 radical (unpaired) electrons. The molecule has 4 rings (SSSR count). The van der Waals surface area contributed by atoms with E-state index in [1.807, 2.05) is 33.9 Å². The second-order valence-corrected chi connectivity index (χ2v) is 7.17. The molecule has 1 fully saturated rings. The molecule has 0 spiro atoms. The Kier molecular flexibility index (Phi) is 4.49. The maximum atomic E-state index is 12.7. The summed E-state index contributed by atoms with van der Waals surface area (Å²) in [4.78, 5) is 17.0. The first kappa shape index (κ1) is 16.2. The second kappa shape index (κ2) is 6.92. The van der Waals surface area contributed by atoms with Crippen LogP contribution in [-0.2, 0) is 11.3 Å². The molecule has 1 saturated heterocycles. The number of anilines is 1. The average molecular weight is 398 g/mol. The van der Waals surface area contributed by atoms with Crippen molar-refractivity contribution < 1.29 is 4.79 Å². The van der Waals surface area contributed by atoms with E-state index < -0.39 is 0 Å². The monoisotopic (exact) mass is 397 g/mol. The van der Waals surface area contributed by atoms with Crippen LogP contribution in [0.5, 0.6) is 0 Å². The van der Waals surface area contributed by atoms with Crippen molar-refractivity contribution in [1.29, 1.82) is 0 Å². The predicted molar refractivity (Wildman–Crippen MR) is 105 cm³/mol. The number of carbonyl (C=O) groups is 1. The Hall–Kier alpha value is -2.27. The Morgan fingerprint density at radius 1 is 0.920 bits per heavy atom. The van der Waals surface area contributed by atoms with Crippen molar-refractivity contribution in [2.24, 2.45) is 0 Å². The summed E-state index contributed by atoms with van der Waals surface area (Å²) in [5.74, 6) is 0.185. The lowest BCUT2D eigenvalue weighted by Crippen LogP contribution is -2.49. The van der Waals surface area contributed by atoms with Crippen molar-refractivity contribution >= 4 is 38.4 Å². The largest absolute Gasteiger partial charge is 0.368 e. The van der Waals surface area contributed by atoms with Crippen LogP contribution >= 0.6 is 15.9 Å². The number of rotatable bonds is 3. The van der Waals surface area contributed by atoms with Gasteiger partial charge >= 0.3 is 0 Å². The summed E-state index contributed by atoms with van der Waals surface area (Å²) in [7, 11) is 0. The van der Waals surface area contributed by atoms with Gasteiger partial charge in [-0.1, -0.05) is 40.2 Å². The first-order chi connectivity index (χ1) is 12.2. The van der Waals surface area contributed by atoms with Crippen LogP contribution in [0.2, 0.25) is 0 Å². The molecule has 0 aliphatic carbocycles. The Balaban J connectivity index is 1.41. The van der Waals surface area contributed by atoms with E-state index in [4.69, 9.17) is 0 Å². The lowest BCUT2D eigenvalue weighted by Gasteiger charge is -2.36. The molecule has 0 unspecified atom stereocenters. The third-order valence-electron chi connectivity index (χ3n) is 4.82. The SMILES string of the molecule is O=C(Cn1ccc2c(Br)cccc21)N1CCN(c2ccccc2)CC1. The molecule has 0 bridgehead atoms. The highest BCUT2D eigenvalue weighted by atomic mass is 79.9. The van der Waals surface area contributed by atoms with Crippen LogP contribution in [0, 0.1) is 0 Å². The molecule has 0 N–H and O–H groups in total.